The first kappa shape index (κ1) is 21.5. The molecule has 0 unspecified atom stereocenters. The molecule has 0 radical (unpaired) electrons. The third-order valence-electron chi connectivity index (χ3n) is 5.71. The molecule has 1 aromatic heterocycles. The van der Waals surface area contributed by atoms with E-state index in [1.165, 1.54) is 4.90 Å². The van der Waals surface area contributed by atoms with Crippen LogP contribution in [0.3, 0.4) is 0 Å². The minimum atomic E-state index is -0.773. The Labute approximate surface area is 185 Å². The molecule has 1 N–H and O–H groups in total. The van der Waals surface area contributed by atoms with Gasteiger partial charge in [-0.05, 0) is 62.2 Å². The van der Waals surface area contributed by atoms with Crippen LogP contribution in [0.2, 0.25) is 0 Å². The Balaban J connectivity index is 1.57. The van der Waals surface area contributed by atoms with Gasteiger partial charge in [0, 0.05) is 30.9 Å². The number of hydrogen-bond acceptors (Lipinski definition) is 5. The second kappa shape index (κ2) is 9.21. The predicted molar refractivity (Wildman–Crippen MR) is 123 cm³/mol. The summed E-state index contributed by atoms with van der Waals surface area (Å²) in [6.45, 7) is 2.77. The molecule has 0 atom stereocenters. The highest BCUT2D eigenvalue weighted by molar-refractivity contribution is 6.44. The van der Waals surface area contributed by atoms with Crippen molar-refractivity contribution < 1.29 is 14.3 Å². The van der Waals surface area contributed by atoms with Gasteiger partial charge < -0.3 is 15.0 Å². The fraction of sp³-hybridized carbons (Fsp3) is 0.333. The molecule has 8 nitrogen and oxygen atoms in total. The minimum absolute atomic E-state index is 0.109. The van der Waals surface area contributed by atoms with E-state index in [-0.39, 0.29) is 5.56 Å². The summed E-state index contributed by atoms with van der Waals surface area (Å²) in [5, 5.41) is 3.06. The minimum Gasteiger partial charge on any atom is -0.497 e. The van der Waals surface area contributed by atoms with E-state index >= 15 is 0 Å². The highest BCUT2D eigenvalue weighted by atomic mass is 16.5. The molecule has 0 spiro atoms. The Hall–Kier alpha value is -3.68. The predicted octanol–water partition coefficient (Wildman–Crippen LogP) is 3.12. The average molecular weight is 434 g/mol. The van der Waals surface area contributed by atoms with Crippen LogP contribution >= 0.6 is 0 Å². The van der Waals surface area contributed by atoms with Gasteiger partial charge in [-0.1, -0.05) is 6.42 Å². The van der Waals surface area contributed by atoms with Gasteiger partial charge in [0.05, 0.1) is 18.0 Å². The van der Waals surface area contributed by atoms with Crippen molar-refractivity contribution in [3.63, 3.8) is 0 Å². The van der Waals surface area contributed by atoms with Crippen LogP contribution in [-0.2, 0) is 22.6 Å². The third-order valence-corrected chi connectivity index (χ3v) is 5.71. The van der Waals surface area contributed by atoms with Crippen LogP contribution in [0.4, 0.5) is 11.4 Å². The number of amides is 2. The van der Waals surface area contributed by atoms with Crippen molar-refractivity contribution in [2.45, 2.75) is 39.2 Å². The Morgan fingerprint density at radius 2 is 1.91 bits per heavy atom. The van der Waals surface area contributed by atoms with Crippen LogP contribution < -0.4 is 20.5 Å². The van der Waals surface area contributed by atoms with Gasteiger partial charge in [-0.3, -0.25) is 19.0 Å². The Kier molecular flexibility index (Phi) is 6.20. The number of nitrogens with zero attached hydrogens (tertiary/aromatic N) is 3. The van der Waals surface area contributed by atoms with Gasteiger partial charge in [-0.15, -0.1) is 0 Å². The van der Waals surface area contributed by atoms with E-state index < -0.39 is 11.8 Å². The number of anilines is 2. The molecule has 0 saturated heterocycles. The lowest BCUT2D eigenvalue weighted by Gasteiger charge is -2.20. The first-order valence-corrected chi connectivity index (χ1v) is 10.8. The van der Waals surface area contributed by atoms with Crippen LogP contribution in [0.1, 0.15) is 32.0 Å². The van der Waals surface area contributed by atoms with Crippen LogP contribution in [0, 0.1) is 0 Å². The normalized spacial score (nSPS) is 13.2. The van der Waals surface area contributed by atoms with Gasteiger partial charge in [0.2, 0.25) is 0 Å². The number of fused-ring (bicyclic) bond motifs is 2. The van der Waals surface area contributed by atoms with Gasteiger partial charge in [0.15, 0.2) is 0 Å². The Morgan fingerprint density at radius 3 is 2.62 bits per heavy atom. The lowest BCUT2D eigenvalue weighted by atomic mass is 10.2. The topological polar surface area (TPSA) is 93.5 Å². The van der Waals surface area contributed by atoms with Gasteiger partial charge in [-0.25, -0.2) is 4.98 Å². The van der Waals surface area contributed by atoms with Gasteiger partial charge in [0.25, 0.3) is 5.56 Å². The van der Waals surface area contributed by atoms with Crippen molar-refractivity contribution in [3.05, 3.63) is 58.6 Å². The summed E-state index contributed by atoms with van der Waals surface area (Å²) in [6, 6.07) is 11.9. The molecule has 3 aromatic rings. The summed E-state index contributed by atoms with van der Waals surface area (Å²) in [4.78, 5) is 44.5. The van der Waals surface area contributed by atoms with Crippen LogP contribution in [-0.4, -0.2) is 35.0 Å². The number of rotatable bonds is 4. The molecule has 8 heteroatoms. The highest BCUT2D eigenvalue weighted by Crippen LogP contribution is 2.21. The largest absolute Gasteiger partial charge is 0.497 e. The number of carbonyl (C=O) groups is 2. The van der Waals surface area contributed by atoms with Crippen molar-refractivity contribution in [1.29, 1.82) is 0 Å². The lowest BCUT2D eigenvalue weighted by molar-refractivity contribution is -0.134. The average Bonchev–Trinajstić information content (AvgIpc) is 3.06. The summed E-state index contributed by atoms with van der Waals surface area (Å²) >= 11 is 0. The number of aromatic nitrogens is 2. The summed E-state index contributed by atoms with van der Waals surface area (Å²) < 4.78 is 6.87. The smallest absolute Gasteiger partial charge is 0.316 e. The van der Waals surface area contributed by atoms with Crippen LogP contribution in [0.25, 0.3) is 10.9 Å². The molecule has 0 saturated carbocycles. The number of nitrogens with one attached hydrogen (secondary N) is 1. The number of benzene rings is 2. The summed E-state index contributed by atoms with van der Waals surface area (Å²) in [5.74, 6) is 0.0140. The van der Waals surface area contributed by atoms with Gasteiger partial charge in [0.1, 0.15) is 11.6 Å². The number of ether oxygens (including phenoxy) is 1. The van der Waals surface area contributed by atoms with E-state index in [4.69, 9.17) is 4.74 Å². The van der Waals surface area contributed by atoms with Crippen LogP contribution in [0.5, 0.6) is 5.75 Å². The van der Waals surface area contributed by atoms with E-state index in [0.717, 1.165) is 31.5 Å². The molecule has 1 aliphatic rings. The molecule has 2 amide bonds. The monoisotopic (exact) mass is 434 g/mol. The zero-order chi connectivity index (χ0) is 22.7. The second-order valence-corrected chi connectivity index (χ2v) is 7.73. The number of hydrogen-bond donors (Lipinski definition) is 1. The van der Waals surface area contributed by atoms with Crippen molar-refractivity contribution in [3.8, 4) is 5.75 Å². The fourth-order valence-corrected chi connectivity index (χ4v) is 4.01. The molecule has 1 aliphatic heterocycles. The van der Waals surface area contributed by atoms with E-state index in [0.29, 0.717) is 41.1 Å². The summed E-state index contributed by atoms with van der Waals surface area (Å²) in [6.07, 6.45) is 3.83. The maximum Gasteiger partial charge on any atom is 0.316 e. The first-order valence-electron chi connectivity index (χ1n) is 10.8. The summed E-state index contributed by atoms with van der Waals surface area (Å²) in [7, 11) is 1.56. The number of aryl methyl sites for hydroxylation is 1. The molecule has 0 bridgehead atoms. The van der Waals surface area contributed by atoms with Crippen molar-refractivity contribution in [1.82, 2.24) is 9.55 Å². The number of carbonyl (C=O) groups excluding carboxylic acids is 2. The van der Waals surface area contributed by atoms with Crippen molar-refractivity contribution >= 4 is 34.1 Å². The SMILES string of the molecule is CCN(C(=O)C(=O)Nc1ccc2nc3n(c(=O)c2c1)CCCCC3)c1ccc(OC)cc1. The Bertz CT molecular complexity index is 1220. The molecule has 0 aliphatic carbocycles. The second-order valence-electron chi connectivity index (χ2n) is 7.73. The fourth-order valence-electron chi connectivity index (χ4n) is 4.01. The Morgan fingerprint density at radius 1 is 1.12 bits per heavy atom. The molecule has 32 heavy (non-hydrogen) atoms. The van der Waals surface area contributed by atoms with Gasteiger partial charge in [-0.2, -0.15) is 0 Å². The van der Waals surface area contributed by atoms with Crippen molar-refractivity contribution in [2.75, 3.05) is 23.9 Å². The number of likely N-dealkylation sites (N-methyl/N-ethyl adjacent to an activating group) is 1. The maximum absolute atomic E-state index is 13.0. The molecule has 4 rings (SSSR count). The molecule has 2 aromatic carbocycles. The standard InChI is InChI=1S/C24H26N4O4/c1-3-27(17-9-11-18(32-2)12-10-17)24(31)22(29)25-16-8-13-20-19(15-16)23(30)28-14-6-4-5-7-21(28)26-20/h8-13,15H,3-7,14H2,1-2H3,(H,25,29). The van der Waals surface area contributed by atoms with E-state index in [1.807, 2.05) is 0 Å². The number of methoxy groups -OCH3 is 1. The van der Waals surface area contributed by atoms with Gasteiger partial charge >= 0.3 is 11.8 Å². The van der Waals surface area contributed by atoms with E-state index in [1.54, 1.807) is 61.1 Å². The van der Waals surface area contributed by atoms with Crippen LogP contribution in [0.15, 0.2) is 47.3 Å². The third kappa shape index (κ3) is 4.21. The van der Waals surface area contributed by atoms with E-state index in [2.05, 4.69) is 10.3 Å². The molecule has 0 fully saturated rings. The maximum atomic E-state index is 13.0. The molecule has 166 valence electrons. The molecule has 2 heterocycles. The summed E-state index contributed by atoms with van der Waals surface area (Å²) in [5.41, 5.74) is 1.47. The lowest BCUT2D eigenvalue weighted by Crippen LogP contribution is -2.39. The quantitative estimate of drug-likeness (QED) is 0.637. The van der Waals surface area contributed by atoms with Crippen molar-refractivity contribution in [2.24, 2.45) is 0 Å². The molecular weight excluding hydrogens is 408 g/mol. The molecular formula is C24H26N4O4. The van der Waals surface area contributed by atoms with E-state index in [9.17, 15) is 14.4 Å². The first-order chi connectivity index (χ1) is 15.5. The highest BCUT2D eigenvalue weighted by Gasteiger charge is 2.23. The zero-order valence-electron chi connectivity index (χ0n) is 18.3. The zero-order valence-corrected chi connectivity index (χ0v) is 18.3.